The van der Waals surface area contributed by atoms with E-state index in [2.05, 4.69) is 26.3 Å². The molecular weight excluding hydrogens is 356 g/mol. The van der Waals surface area contributed by atoms with Gasteiger partial charge in [0.2, 0.25) is 5.91 Å². The van der Waals surface area contributed by atoms with Crippen LogP contribution in [0.2, 0.25) is 0 Å². The van der Waals surface area contributed by atoms with E-state index < -0.39 is 0 Å². The number of anilines is 1. The van der Waals surface area contributed by atoms with E-state index in [9.17, 15) is 4.79 Å². The van der Waals surface area contributed by atoms with E-state index in [1.165, 1.54) is 0 Å². The standard InChI is InChI=1S/C14H17BrN4O.ClH/c1-9-13(7-16)10(2)19(18-9)8-14(20)17-12-5-3-11(15)4-6-12;/h3-6H,7-8,16H2,1-2H3,(H,17,20);1H. The Labute approximate surface area is 138 Å². The molecule has 1 heterocycles. The number of carbonyl (C=O) groups excluding carboxylic acids is 1. The van der Waals surface area contributed by atoms with Crippen LogP contribution < -0.4 is 11.1 Å². The summed E-state index contributed by atoms with van der Waals surface area (Å²) in [6.45, 7) is 4.45. The summed E-state index contributed by atoms with van der Waals surface area (Å²) in [6.07, 6.45) is 0. The monoisotopic (exact) mass is 372 g/mol. The summed E-state index contributed by atoms with van der Waals surface area (Å²) in [5.41, 5.74) is 9.26. The van der Waals surface area contributed by atoms with E-state index in [0.29, 0.717) is 6.54 Å². The van der Waals surface area contributed by atoms with Gasteiger partial charge >= 0.3 is 0 Å². The van der Waals surface area contributed by atoms with Gasteiger partial charge in [-0.3, -0.25) is 9.48 Å². The van der Waals surface area contributed by atoms with Crippen LogP contribution >= 0.6 is 28.3 Å². The molecule has 0 aliphatic carbocycles. The van der Waals surface area contributed by atoms with Gasteiger partial charge in [0.25, 0.3) is 0 Å². The molecule has 1 amide bonds. The molecule has 21 heavy (non-hydrogen) atoms. The van der Waals surface area contributed by atoms with Crippen molar-refractivity contribution in [2.45, 2.75) is 26.9 Å². The van der Waals surface area contributed by atoms with Crippen molar-refractivity contribution in [1.82, 2.24) is 9.78 Å². The molecule has 3 N–H and O–H groups in total. The minimum absolute atomic E-state index is 0. The molecule has 2 rings (SSSR count). The van der Waals surface area contributed by atoms with E-state index in [4.69, 9.17) is 5.73 Å². The van der Waals surface area contributed by atoms with Gasteiger partial charge < -0.3 is 11.1 Å². The van der Waals surface area contributed by atoms with Crippen molar-refractivity contribution in [1.29, 1.82) is 0 Å². The van der Waals surface area contributed by atoms with E-state index in [1.807, 2.05) is 38.1 Å². The molecule has 7 heteroatoms. The molecule has 114 valence electrons. The molecule has 0 atom stereocenters. The van der Waals surface area contributed by atoms with Crippen LogP contribution in [0.25, 0.3) is 0 Å². The first-order valence-corrected chi connectivity index (χ1v) is 7.09. The van der Waals surface area contributed by atoms with E-state index in [-0.39, 0.29) is 24.9 Å². The average molecular weight is 374 g/mol. The number of carbonyl (C=O) groups is 1. The first-order valence-electron chi connectivity index (χ1n) is 6.29. The number of hydrogen-bond acceptors (Lipinski definition) is 3. The predicted octanol–water partition coefficient (Wildman–Crippen LogP) is 2.78. The molecule has 0 aliphatic rings. The Kier molecular flexibility index (Phi) is 6.39. The van der Waals surface area contributed by atoms with Crippen LogP contribution in [0.5, 0.6) is 0 Å². The Morgan fingerprint density at radius 1 is 1.33 bits per heavy atom. The second kappa shape index (κ2) is 7.59. The van der Waals surface area contributed by atoms with Crippen LogP contribution in [-0.4, -0.2) is 15.7 Å². The molecule has 0 saturated carbocycles. The van der Waals surface area contributed by atoms with Crippen molar-refractivity contribution in [3.05, 3.63) is 45.7 Å². The first-order chi connectivity index (χ1) is 9.51. The Morgan fingerprint density at radius 2 is 1.95 bits per heavy atom. The van der Waals surface area contributed by atoms with E-state index in [0.717, 1.165) is 27.1 Å². The normalized spacial score (nSPS) is 10.1. The number of rotatable bonds is 4. The number of aryl methyl sites for hydroxylation is 1. The topological polar surface area (TPSA) is 72.9 Å². The van der Waals surface area contributed by atoms with E-state index >= 15 is 0 Å². The highest BCUT2D eigenvalue weighted by molar-refractivity contribution is 9.10. The molecule has 0 saturated heterocycles. The fraction of sp³-hybridized carbons (Fsp3) is 0.286. The van der Waals surface area contributed by atoms with Gasteiger partial charge in [0, 0.05) is 28.0 Å². The molecule has 0 spiro atoms. The molecule has 1 aromatic heterocycles. The van der Waals surface area contributed by atoms with Crippen molar-refractivity contribution >= 4 is 39.9 Å². The van der Waals surface area contributed by atoms with Gasteiger partial charge in [0.1, 0.15) is 6.54 Å². The summed E-state index contributed by atoms with van der Waals surface area (Å²) in [6, 6.07) is 7.44. The Hall–Kier alpha value is -1.37. The number of nitrogens with one attached hydrogen (secondary N) is 1. The fourth-order valence-corrected chi connectivity index (χ4v) is 2.32. The molecule has 2 aromatic rings. The number of aromatic nitrogens is 2. The van der Waals surface area contributed by atoms with Crippen molar-refractivity contribution in [2.75, 3.05) is 5.32 Å². The number of hydrogen-bond donors (Lipinski definition) is 2. The minimum Gasteiger partial charge on any atom is -0.326 e. The van der Waals surface area contributed by atoms with Crippen molar-refractivity contribution in [3.63, 3.8) is 0 Å². The van der Waals surface area contributed by atoms with Gasteiger partial charge in [-0.25, -0.2) is 0 Å². The molecule has 0 radical (unpaired) electrons. The fourth-order valence-electron chi connectivity index (χ4n) is 2.05. The molecular formula is C14H18BrClN4O. The molecule has 5 nitrogen and oxygen atoms in total. The lowest BCUT2D eigenvalue weighted by atomic mass is 10.2. The zero-order chi connectivity index (χ0) is 14.7. The van der Waals surface area contributed by atoms with Crippen LogP contribution in [0.4, 0.5) is 5.69 Å². The lowest BCUT2D eigenvalue weighted by molar-refractivity contribution is -0.116. The number of nitrogens with two attached hydrogens (primary N) is 1. The highest BCUT2D eigenvalue weighted by Gasteiger charge is 2.12. The molecule has 1 aromatic carbocycles. The quantitative estimate of drug-likeness (QED) is 0.865. The summed E-state index contributed by atoms with van der Waals surface area (Å²) >= 11 is 3.35. The van der Waals surface area contributed by atoms with Gasteiger partial charge in [-0.05, 0) is 38.1 Å². The maximum Gasteiger partial charge on any atom is 0.246 e. The smallest absolute Gasteiger partial charge is 0.246 e. The minimum atomic E-state index is -0.110. The first kappa shape index (κ1) is 17.7. The highest BCUT2D eigenvalue weighted by atomic mass is 79.9. The van der Waals surface area contributed by atoms with Gasteiger partial charge in [0.15, 0.2) is 0 Å². The van der Waals surface area contributed by atoms with Crippen LogP contribution in [0.1, 0.15) is 17.0 Å². The van der Waals surface area contributed by atoms with Crippen molar-refractivity contribution in [2.24, 2.45) is 5.73 Å². The zero-order valence-electron chi connectivity index (χ0n) is 11.9. The van der Waals surface area contributed by atoms with Gasteiger partial charge in [0.05, 0.1) is 5.69 Å². The largest absolute Gasteiger partial charge is 0.326 e. The summed E-state index contributed by atoms with van der Waals surface area (Å²) in [7, 11) is 0. The zero-order valence-corrected chi connectivity index (χ0v) is 14.3. The third-order valence-corrected chi connectivity index (χ3v) is 3.69. The number of nitrogens with zero attached hydrogens (tertiary/aromatic N) is 2. The van der Waals surface area contributed by atoms with Gasteiger partial charge in [-0.15, -0.1) is 12.4 Å². The number of amides is 1. The second-order valence-corrected chi connectivity index (χ2v) is 5.48. The Bertz CT molecular complexity index is 625. The van der Waals surface area contributed by atoms with Crippen LogP contribution in [0, 0.1) is 13.8 Å². The second-order valence-electron chi connectivity index (χ2n) is 4.57. The molecule has 0 unspecified atom stereocenters. The van der Waals surface area contributed by atoms with Gasteiger partial charge in [-0.1, -0.05) is 15.9 Å². The maximum atomic E-state index is 12.0. The summed E-state index contributed by atoms with van der Waals surface area (Å²) in [4.78, 5) is 12.0. The SMILES string of the molecule is Cc1nn(CC(=O)Nc2ccc(Br)cc2)c(C)c1CN.Cl. The third kappa shape index (κ3) is 4.30. The predicted molar refractivity (Wildman–Crippen MR) is 89.6 cm³/mol. The molecule has 0 aliphatic heterocycles. The maximum absolute atomic E-state index is 12.0. The summed E-state index contributed by atoms with van der Waals surface area (Å²) in [5, 5.41) is 7.18. The Balaban J connectivity index is 0.00000220. The molecule has 0 bridgehead atoms. The lowest BCUT2D eigenvalue weighted by Crippen LogP contribution is -2.20. The van der Waals surface area contributed by atoms with Crippen LogP contribution in [0.3, 0.4) is 0 Å². The van der Waals surface area contributed by atoms with Crippen LogP contribution in [-0.2, 0) is 17.9 Å². The third-order valence-electron chi connectivity index (χ3n) is 3.16. The number of benzene rings is 1. The average Bonchev–Trinajstić information content (AvgIpc) is 2.67. The molecule has 0 fully saturated rings. The highest BCUT2D eigenvalue weighted by Crippen LogP contribution is 2.15. The van der Waals surface area contributed by atoms with E-state index in [1.54, 1.807) is 4.68 Å². The van der Waals surface area contributed by atoms with Crippen molar-refractivity contribution in [3.8, 4) is 0 Å². The lowest BCUT2D eigenvalue weighted by Gasteiger charge is -2.07. The summed E-state index contributed by atoms with van der Waals surface area (Å²) < 4.78 is 2.66. The summed E-state index contributed by atoms with van der Waals surface area (Å²) in [5.74, 6) is -0.110. The number of halogens is 2. The van der Waals surface area contributed by atoms with Crippen LogP contribution in [0.15, 0.2) is 28.7 Å². The van der Waals surface area contributed by atoms with Gasteiger partial charge in [-0.2, -0.15) is 5.10 Å². The Morgan fingerprint density at radius 3 is 2.48 bits per heavy atom. The van der Waals surface area contributed by atoms with Crippen molar-refractivity contribution < 1.29 is 4.79 Å².